The van der Waals surface area contributed by atoms with Gasteiger partial charge in [-0.15, -0.1) is 0 Å². The molecule has 0 aliphatic rings. The van der Waals surface area contributed by atoms with E-state index in [1.54, 1.807) is 14.1 Å². The molecular weight excluding hydrogens is 133 g/mol. The second-order valence-electron chi connectivity index (χ2n) is 1.22. The third-order valence-corrected chi connectivity index (χ3v) is 0.832. The zero-order valence-electron chi connectivity index (χ0n) is 5.68. The van der Waals surface area contributed by atoms with Gasteiger partial charge in [-0.3, -0.25) is 0 Å². The molecule has 8 heavy (non-hydrogen) atoms. The summed E-state index contributed by atoms with van der Waals surface area (Å²) in [5, 5.41) is 3.88. The Morgan fingerprint density at radius 3 is 2.12 bits per heavy atom. The van der Waals surface area contributed by atoms with Gasteiger partial charge in [0.05, 0.1) is 0 Å². The van der Waals surface area contributed by atoms with Gasteiger partial charge in [-0.25, -0.2) is 0 Å². The Labute approximate surface area is 69.6 Å². The minimum absolute atomic E-state index is 0. The monoisotopic (exact) mass is 144 g/mol. The van der Waals surface area contributed by atoms with E-state index in [0.29, 0.717) is 0 Å². The fraction of sp³-hybridized carbons (Fsp3) is 0.800. The Kier molecular flexibility index (Phi) is 10.3. The fourth-order valence-electron chi connectivity index (χ4n) is 0.416. The summed E-state index contributed by atoms with van der Waals surface area (Å²) < 4.78 is 0. The summed E-state index contributed by atoms with van der Waals surface area (Å²) in [5.74, 6) is 0.931. The van der Waals surface area contributed by atoms with E-state index in [4.69, 9.17) is 0 Å². The number of hydrogen-bond acceptors (Lipinski definition) is 1. The minimum Gasteiger partial charge on any atom is -0.473 e. The van der Waals surface area contributed by atoms with Crippen molar-refractivity contribution in [3.8, 4) is 0 Å². The molecule has 3 heteroatoms. The van der Waals surface area contributed by atoms with Crippen molar-refractivity contribution in [2.75, 3.05) is 14.1 Å². The Hall–Kier alpha value is 0.340. The molecule has 0 amide bonds. The minimum atomic E-state index is 0. The van der Waals surface area contributed by atoms with Gasteiger partial charge in [0.15, 0.2) is 0 Å². The van der Waals surface area contributed by atoms with E-state index in [0.717, 1.165) is 12.3 Å². The normalized spacial score (nSPS) is 10.1. The number of nitrogens with zero attached hydrogens (tertiary/aromatic N) is 2. The van der Waals surface area contributed by atoms with Crippen molar-refractivity contribution in [3.05, 3.63) is 5.32 Å². The zero-order chi connectivity index (χ0) is 5.70. The van der Waals surface area contributed by atoms with Crippen LogP contribution >= 0.6 is 0 Å². The number of rotatable bonds is 1. The van der Waals surface area contributed by atoms with E-state index in [1.165, 1.54) is 0 Å². The van der Waals surface area contributed by atoms with Crippen LogP contribution in [0.5, 0.6) is 0 Å². The van der Waals surface area contributed by atoms with E-state index in [2.05, 4.69) is 10.3 Å². The molecule has 45 valence electrons. The van der Waals surface area contributed by atoms with Crippen LogP contribution in [0.4, 0.5) is 0 Å². The maximum atomic E-state index is 3.88. The molecule has 0 heterocycles. The molecule has 0 rings (SSSR count). The summed E-state index contributed by atoms with van der Waals surface area (Å²) in [6.07, 6.45) is 0.938. The first kappa shape index (κ1) is 11.2. The SMILES string of the molecule is CCC(=NC)[N-]C.[Sc]. The zero-order valence-corrected chi connectivity index (χ0v) is 7.48. The van der Waals surface area contributed by atoms with Crippen LogP contribution < -0.4 is 0 Å². The Morgan fingerprint density at radius 2 is 2.12 bits per heavy atom. The van der Waals surface area contributed by atoms with Gasteiger partial charge in [0.25, 0.3) is 0 Å². The van der Waals surface area contributed by atoms with Crippen LogP contribution in [0.2, 0.25) is 0 Å². The summed E-state index contributed by atoms with van der Waals surface area (Å²) in [4.78, 5) is 3.88. The van der Waals surface area contributed by atoms with Crippen LogP contribution in [0.3, 0.4) is 0 Å². The molecule has 0 aromatic rings. The molecule has 0 spiro atoms. The van der Waals surface area contributed by atoms with Crippen LogP contribution in [-0.4, -0.2) is 19.9 Å². The number of amidine groups is 1. The smallest absolute Gasteiger partial charge is 0 e. The third kappa shape index (κ3) is 4.50. The van der Waals surface area contributed by atoms with Crippen molar-refractivity contribution in [1.82, 2.24) is 0 Å². The maximum Gasteiger partial charge on any atom is 0 e. The topological polar surface area (TPSA) is 26.5 Å². The van der Waals surface area contributed by atoms with Gasteiger partial charge in [0.2, 0.25) is 0 Å². The summed E-state index contributed by atoms with van der Waals surface area (Å²) in [7, 11) is 3.51. The van der Waals surface area contributed by atoms with E-state index in [-0.39, 0.29) is 25.8 Å². The van der Waals surface area contributed by atoms with Crippen molar-refractivity contribution in [2.24, 2.45) is 4.99 Å². The van der Waals surface area contributed by atoms with Gasteiger partial charge in [0.1, 0.15) is 0 Å². The molecule has 0 aromatic heterocycles. The summed E-state index contributed by atoms with van der Waals surface area (Å²) in [5.41, 5.74) is 0. The van der Waals surface area contributed by atoms with E-state index >= 15 is 0 Å². The molecule has 0 N–H and O–H groups in total. The molecule has 0 aliphatic heterocycles. The van der Waals surface area contributed by atoms with Crippen LogP contribution in [-0.2, 0) is 25.8 Å². The van der Waals surface area contributed by atoms with E-state index < -0.39 is 0 Å². The standard InChI is InChI=1S/C5H11N2.Sc/c1-4-5(6-2)7-3;/h4H2,1-3H3;/q-1;. The fourth-order valence-corrected chi connectivity index (χ4v) is 0.416. The summed E-state index contributed by atoms with van der Waals surface area (Å²) in [6.45, 7) is 2.04. The van der Waals surface area contributed by atoms with Crippen molar-refractivity contribution in [2.45, 2.75) is 13.3 Å². The van der Waals surface area contributed by atoms with Gasteiger partial charge in [0, 0.05) is 25.8 Å². The van der Waals surface area contributed by atoms with Gasteiger partial charge < -0.3 is 10.3 Å². The van der Waals surface area contributed by atoms with Crippen molar-refractivity contribution >= 4 is 5.84 Å². The molecule has 2 nitrogen and oxygen atoms in total. The quantitative estimate of drug-likeness (QED) is 0.393. The predicted molar refractivity (Wildman–Crippen MR) is 32.9 cm³/mol. The Bertz CT molecular complexity index is 64.8. The van der Waals surface area contributed by atoms with Crippen LogP contribution in [0.25, 0.3) is 5.32 Å². The Balaban J connectivity index is 0. The number of hydrogen-bond donors (Lipinski definition) is 0. The first-order chi connectivity index (χ1) is 3.35. The van der Waals surface area contributed by atoms with E-state index in [9.17, 15) is 0 Å². The van der Waals surface area contributed by atoms with Gasteiger partial charge >= 0.3 is 0 Å². The molecule has 0 saturated heterocycles. The maximum absolute atomic E-state index is 3.88. The van der Waals surface area contributed by atoms with Crippen LogP contribution in [0, 0.1) is 0 Å². The Morgan fingerprint density at radius 1 is 1.62 bits per heavy atom. The molecule has 0 aliphatic carbocycles. The molecule has 0 saturated carbocycles. The van der Waals surface area contributed by atoms with Crippen molar-refractivity contribution in [1.29, 1.82) is 0 Å². The van der Waals surface area contributed by atoms with Crippen LogP contribution in [0.15, 0.2) is 4.99 Å². The van der Waals surface area contributed by atoms with Crippen molar-refractivity contribution in [3.63, 3.8) is 0 Å². The first-order valence-electron chi connectivity index (χ1n) is 2.40. The summed E-state index contributed by atoms with van der Waals surface area (Å²) >= 11 is 0. The molecule has 0 unspecified atom stereocenters. The molecule has 1 radical (unpaired) electrons. The van der Waals surface area contributed by atoms with E-state index in [1.807, 2.05) is 6.92 Å². The molecule has 0 fully saturated rings. The molecule has 0 bridgehead atoms. The first-order valence-corrected chi connectivity index (χ1v) is 2.40. The average molecular weight is 144 g/mol. The largest absolute Gasteiger partial charge is 0.473 e. The van der Waals surface area contributed by atoms with Crippen molar-refractivity contribution < 1.29 is 25.8 Å². The molecule has 0 aromatic carbocycles. The van der Waals surface area contributed by atoms with Gasteiger partial charge in [-0.1, -0.05) is 26.9 Å². The second-order valence-corrected chi connectivity index (χ2v) is 1.22. The van der Waals surface area contributed by atoms with Gasteiger partial charge in [-0.05, 0) is 6.42 Å². The average Bonchev–Trinajstić information content (AvgIpc) is 1.72. The predicted octanol–water partition coefficient (Wildman–Crippen LogP) is 1.43. The second kappa shape index (κ2) is 7.34. The molecular formula is C5H11N2Sc-. The van der Waals surface area contributed by atoms with Gasteiger partial charge in [-0.2, -0.15) is 0 Å². The number of aliphatic imine (C=N–C) groups is 1. The molecule has 0 atom stereocenters. The summed E-state index contributed by atoms with van der Waals surface area (Å²) in [6, 6.07) is 0. The van der Waals surface area contributed by atoms with Crippen LogP contribution in [0.1, 0.15) is 13.3 Å². The third-order valence-electron chi connectivity index (χ3n) is 0.832.